The van der Waals surface area contributed by atoms with Crippen molar-refractivity contribution in [2.75, 3.05) is 33.1 Å². The van der Waals surface area contributed by atoms with Crippen LogP contribution in [0.25, 0.3) is 0 Å². The molecule has 1 aromatic heterocycles. The molecular formula is C31H33ClN4O5. The first-order valence-electron chi connectivity index (χ1n) is 13.3. The van der Waals surface area contributed by atoms with E-state index in [1.54, 1.807) is 20.3 Å². The summed E-state index contributed by atoms with van der Waals surface area (Å²) in [4.78, 5) is 15.4. The van der Waals surface area contributed by atoms with E-state index in [1.165, 1.54) is 6.26 Å². The zero-order valence-electron chi connectivity index (χ0n) is 23.3. The summed E-state index contributed by atoms with van der Waals surface area (Å²) < 4.78 is 22.1. The predicted molar refractivity (Wildman–Crippen MR) is 157 cm³/mol. The number of amides is 2. The minimum absolute atomic E-state index is 0.201. The number of urea groups is 1. The van der Waals surface area contributed by atoms with Crippen LogP contribution < -0.4 is 25.3 Å². The van der Waals surface area contributed by atoms with Crippen LogP contribution in [0, 0.1) is 6.92 Å². The van der Waals surface area contributed by atoms with E-state index in [9.17, 15) is 4.79 Å². The zero-order valence-corrected chi connectivity index (χ0v) is 24.0. The number of ether oxygens (including phenoxy) is 3. The highest BCUT2D eigenvalue weighted by atomic mass is 35.5. The Kier molecular flexibility index (Phi) is 8.54. The quantitative estimate of drug-likeness (QED) is 0.245. The molecule has 9 nitrogen and oxygen atoms in total. The third-order valence-electron chi connectivity index (χ3n) is 7.30. The molecule has 0 radical (unpaired) electrons. The number of anilines is 1. The minimum atomic E-state index is -0.358. The Hall–Kier alpha value is -4.37. The summed E-state index contributed by atoms with van der Waals surface area (Å²) in [6, 6.07) is 16.6. The second kappa shape index (κ2) is 12.4. The highest BCUT2D eigenvalue weighted by Gasteiger charge is 2.34. The van der Waals surface area contributed by atoms with Crippen molar-refractivity contribution in [2.45, 2.75) is 32.4 Å². The van der Waals surface area contributed by atoms with Crippen LogP contribution >= 0.6 is 11.6 Å². The zero-order chi connectivity index (χ0) is 28.9. The van der Waals surface area contributed by atoms with Crippen molar-refractivity contribution in [1.29, 1.82) is 0 Å². The third kappa shape index (κ3) is 6.20. The van der Waals surface area contributed by atoms with Gasteiger partial charge in [0.2, 0.25) is 0 Å². The van der Waals surface area contributed by atoms with E-state index in [-0.39, 0.29) is 18.6 Å². The molecule has 0 saturated heterocycles. The van der Waals surface area contributed by atoms with Crippen LogP contribution in [0.3, 0.4) is 0 Å². The number of carbonyl (C=O) groups is 1. The standard InChI is InChI=1S/C31H33ClN4O5/c1-19-14-22(32)5-6-24(19)30-25-17-29(40-12-9-20-4-7-27(38-2)26(33)15-20)28(39-3)16-21(25)8-11-36(30)31(37)34-18-23-10-13-41-35-23/h4-7,10,13-17,30H,8-9,11-12,18,33H2,1-3H3,(H,34,37). The SMILES string of the molecule is COc1ccc(CCOc2cc3c(cc2OC)CCN(C(=O)NCc2ccon2)C3c2ccc(Cl)cc2C)cc1N. The first kappa shape index (κ1) is 28.2. The molecule has 3 aromatic carbocycles. The minimum Gasteiger partial charge on any atom is -0.495 e. The van der Waals surface area contributed by atoms with Crippen LogP contribution in [-0.4, -0.2) is 43.5 Å². The molecule has 10 heteroatoms. The number of hydrogen-bond acceptors (Lipinski definition) is 7. The maximum absolute atomic E-state index is 13.5. The molecule has 0 bridgehead atoms. The number of aryl methyl sites for hydroxylation is 1. The fourth-order valence-corrected chi connectivity index (χ4v) is 5.44. The number of nitrogen functional groups attached to an aromatic ring is 1. The lowest BCUT2D eigenvalue weighted by Crippen LogP contribution is -2.46. The van der Waals surface area contributed by atoms with Gasteiger partial charge in [0.15, 0.2) is 11.5 Å². The number of nitrogens with zero attached hydrogens (tertiary/aromatic N) is 2. The van der Waals surface area contributed by atoms with Crippen molar-refractivity contribution < 1.29 is 23.5 Å². The Balaban J connectivity index is 1.44. The molecule has 3 N–H and O–H groups in total. The Morgan fingerprint density at radius 1 is 1.07 bits per heavy atom. The largest absolute Gasteiger partial charge is 0.495 e. The van der Waals surface area contributed by atoms with Crippen LogP contribution in [0.5, 0.6) is 17.2 Å². The molecule has 2 amide bonds. The predicted octanol–water partition coefficient (Wildman–Crippen LogP) is 5.71. The van der Waals surface area contributed by atoms with E-state index in [0.29, 0.717) is 59.6 Å². The van der Waals surface area contributed by atoms with E-state index in [1.807, 2.05) is 60.4 Å². The molecule has 1 atom stereocenters. The monoisotopic (exact) mass is 576 g/mol. The van der Waals surface area contributed by atoms with E-state index in [2.05, 4.69) is 10.5 Å². The highest BCUT2D eigenvalue weighted by Crippen LogP contribution is 2.42. The van der Waals surface area contributed by atoms with Gasteiger partial charge in [-0.05, 0) is 77.6 Å². The lowest BCUT2D eigenvalue weighted by molar-refractivity contribution is 0.179. The number of carbonyl (C=O) groups excluding carboxylic acids is 1. The molecule has 0 spiro atoms. The Labute approximate surface area is 244 Å². The smallest absolute Gasteiger partial charge is 0.318 e. The Morgan fingerprint density at radius 3 is 2.61 bits per heavy atom. The Morgan fingerprint density at radius 2 is 1.90 bits per heavy atom. The van der Waals surface area contributed by atoms with Gasteiger partial charge in [-0.1, -0.05) is 28.9 Å². The van der Waals surface area contributed by atoms with Gasteiger partial charge in [0.25, 0.3) is 0 Å². The average molecular weight is 577 g/mol. The summed E-state index contributed by atoms with van der Waals surface area (Å²) in [6.07, 6.45) is 2.79. The number of aromatic nitrogens is 1. The van der Waals surface area contributed by atoms with Gasteiger partial charge in [-0.2, -0.15) is 0 Å². The number of methoxy groups -OCH3 is 2. The number of hydrogen-bond donors (Lipinski definition) is 2. The van der Waals surface area contributed by atoms with E-state index in [4.69, 9.17) is 36.1 Å². The fourth-order valence-electron chi connectivity index (χ4n) is 5.21. The van der Waals surface area contributed by atoms with Gasteiger partial charge >= 0.3 is 6.03 Å². The maximum atomic E-state index is 13.5. The normalized spacial score (nSPS) is 14.3. The fraction of sp³-hybridized carbons (Fsp3) is 0.290. The number of nitrogens with one attached hydrogen (secondary N) is 1. The van der Waals surface area contributed by atoms with E-state index < -0.39 is 0 Å². The maximum Gasteiger partial charge on any atom is 0.318 e. The van der Waals surface area contributed by atoms with Crippen LogP contribution in [0.15, 0.2) is 65.4 Å². The Bertz CT molecular complexity index is 1530. The van der Waals surface area contributed by atoms with Crippen molar-refractivity contribution in [2.24, 2.45) is 0 Å². The van der Waals surface area contributed by atoms with Gasteiger partial charge in [0.1, 0.15) is 17.7 Å². The van der Waals surface area contributed by atoms with Crippen LogP contribution in [-0.2, 0) is 19.4 Å². The summed E-state index contributed by atoms with van der Waals surface area (Å²) in [5.74, 6) is 1.90. The molecule has 0 saturated carbocycles. The lowest BCUT2D eigenvalue weighted by Gasteiger charge is -2.38. The number of halogens is 1. The van der Waals surface area contributed by atoms with Crippen molar-refractivity contribution in [3.05, 3.63) is 99.4 Å². The van der Waals surface area contributed by atoms with Crippen molar-refractivity contribution >= 4 is 23.3 Å². The average Bonchev–Trinajstić information content (AvgIpc) is 3.49. The summed E-state index contributed by atoms with van der Waals surface area (Å²) >= 11 is 6.30. The third-order valence-corrected chi connectivity index (χ3v) is 7.53. The summed E-state index contributed by atoms with van der Waals surface area (Å²) in [5, 5.41) is 7.52. The number of rotatable bonds is 9. The van der Waals surface area contributed by atoms with Gasteiger partial charge in [0, 0.05) is 24.1 Å². The topological polar surface area (TPSA) is 112 Å². The second-order valence-electron chi connectivity index (χ2n) is 9.87. The van der Waals surface area contributed by atoms with Crippen molar-refractivity contribution in [3.8, 4) is 17.2 Å². The molecule has 1 aliphatic rings. The first-order chi connectivity index (χ1) is 19.9. The molecule has 1 aliphatic heterocycles. The molecule has 4 aromatic rings. The molecular weight excluding hydrogens is 544 g/mol. The van der Waals surface area contributed by atoms with Crippen molar-refractivity contribution in [1.82, 2.24) is 15.4 Å². The van der Waals surface area contributed by atoms with Crippen LogP contribution in [0.4, 0.5) is 10.5 Å². The molecule has 2 heterocycles. The second-order valence-corrected chi connectivity index (χ2v) is 10.3. The van der Waals surface area contributed by atoms with Gasteiger partial charge in [-0.15, -0.1) is 0 Å². The van der Waals surface area contributed by atoms with Gasteiger partial charge < -0.3 is 34.7 Å². The summed E-state index contributed by atoms with van der Waals surface area (Å²) in [6.45, 7) is 3.19. The van der Waals surface area contributed by atoms with E-state index in [0.717, 1.165) is 27.8 Å². The summed E-state index contributed by atoms with van der Waals surface area (Å²) in [7, 11) is 3.23. The number of benzene rings is 3. The molecule has 0 fully saturated rings. The molecule has 1 unspecified atom stereocenters. The lowest BCUT2D eigenvalue weighted by atomic mass is 9.86. The molecule has 214 valence electrons. The highest BCUT2D eigenvalue weighted by molar-refractivity contribution is 6.30. The van der Waals surface area contributed by atoms with E-state index >= 15 is 0 Å². The van der Waals surface area contributed by atoms with Gasteiger partial charge in [0.05, 0.1) is 39.1 Å². The van der Waals surface area contributed by atoms with Gasteiger partial charge in [-0.3, -0.25) is 0 Å². The van der Waals surface area contributed by atoms with Crippen LogP contribution in [0.1, 0.15) is 39.6 Å². The van der Waals surface area contributed by atoms with Crippen molar-refractivity contribution in [3.63, 3.8) is 0 Å². The van der Waals surface area contributed by atoms with Gasteiger partial charge in [-0.25, -0.2) is 4.79 Å². The first-order valence-corrected chi connectivity index (χ1v) is 13.7. The number of fused-ring (bicyclic) bond motifs is 1. The van der Waals surface area contributed by atoms with Crippen LogP contribution in [0.2, 0.25) is 5.02 Å². The molecule has 41 heavy (non-hydrogen) atoms. The number of nitrogens with two attached hydrogens (primary N) is 1. The molecule has 0 aliphatic carbocycles. The molecule has 5 rings (SSSR count). The summed E-state index contributed by atoms with van der Waals surface area (Å²) in [5.41, 5.74) is 12.4.